The second-order valence-electron chi connectivity index (χ2n) is 8.65. The molecule has 2 heterocycles. The summed E-state index contributed by atoms with van der Waals surface area (Å²) in [7, 11) is 0. The first-order valence-electron chi connectivity index (χ1n) is 10.8. The van der Waals surface area contributed by atoms with Gasteiger partial charge in [0.1, 0.15) is 10.8 Å². The van der Waals surface area contributed by atoms with Crippen LogP contribution in [0.3, 0.4) is 0 Å². The Morgan fingerprint density at radius 3 is 2.68 bits per heavy atom. The second kappa shape index (κ2) is 9.46. The highest BCUT2D eigenvalue weighted by Crippen LogP contribution is 2.39. The maximum atomic E-state index is 13.4. The number of anilines is 1. The summed E-state index contributed by atoms with van der Waals surface area (Å²) < 4.78 is 13.4. The number of rotatable bonds is 6. The van der Waals surface area contributed by atoms with E-state index in [1.54, 1.807) is 12.1 Å². The van der Waals surface area contributed by atoms with E-state index in [-0.39, 0.29) is 18.3 Å². The number of hydrogen-bond donors (Lipinski definition) is 2. The van der Waals surface area contributed by atoms with Crippen LogP contribution in [-0.2, 0) is 24.2 Å². The van der Waals surface area contributed by atoms with Crippen LogP contribution in [0.1, 0.15) is 39.7 Å². The van der Waals surface area contributed by atoms with E-state index in [4.69, 9.17) is 5.73 Å². The van der Waals surface area contributed by atoms with E-state index in [0.29, 0.717) is 23.0 Å². The number of nitrogens with two attached hydrogens (primary N) is 1. The summed E-state index contributed by atoms with van der Waals surface area (Å²) in [5.41, 5.74) is 8.13. The summed E-state index contributed by atoms with van der Waals surface area (Å²) in [6.07, 6.45) is 2.81. The lowest BCUT2D eigenvalue weighted by Crippen LogP contribution is -2.48. The number of benzene rings is 1. The number of nitrogens with one attached hydrogen (secondary N) is 1. The third-order valence-corrected chi connectivity index (χ3v) is 7.31. The third kappa shape index (κ3) is 5.31. The Morgan fingerprint density at radius 1 is 1.23 bits per heavy atom. The largest absolute Gasteiger partial charge is 0.365 e. The van der Waals surface area contributed by atoms with E-state index in [1.807, 2.05) is 6.07 Å². The summed E-state index contributed by atoms with van der Waals surface area (Å²) in [6, 6.07) is 6.68. The molecule has 8 heteroatoms. The van der Waals surface area contributed by atoms with Crippen LogP contribution < -0.4 is 11.1 Å². The van der Waals surface area contributed by atoms with Gasteiger partial charge in [-0.2, -0.15) is 0 Å². The molecule has 1 saturated heterocycles. The minimum absolute atomic E-state index is 0.118. The van der Waals surface area contributed by atoms with Crippen molar-refractivity contribution in [1.82, 2.24) is 9.80 Å². The van der Waals surface area contributed by atoms with Gasteiger partial charge in [0.05, 0.1) is 12.1 Å². The second-order valence-corrected chi connectivity index (χ2v) is 9.76. The van der Waals surface area contributed by atoms with Crippen molar-refractivity contribution in [2.75, 3.05) is 38.0 Å². The Hall–Kier alpha value is -2.29. The maximum absolute atomic E-state index is 13.4. The minimum Gasteiger partial charge on any atom is -0.365 e. The molecule has 1 aromatic carbocycles. The molecular weight excluding hydrogens is 415 g/mol. The van der Waals surface area contributed by atoms with Gasteiger partial charge in [0.15, 0.2) is 0 Å². The molecule has 1 aliphatic carbocycles. The molecule has 0 unspecified atom stereocenters. The molecule has 31 heavy (non-hydrogen) atoms. The van der Waals surface area contributed by atoms with Crippen LogP contribution in [0.2, 0.25) is 0 Å². The molecule has 0 saturated carbocycles. The normalized spacial score (nSPS) is 19.7. The van der Waals surface area contributed by atoms with Crippen LogP contribution in [0.25, 0.3) is 0 Å². The van der Waals surface area contributed by atoms with E-state index >= 15 is 0 Å². The van der Waals surface area contributed by atoms with E-state index < -0.39 is 5.91 Å². The SMILES string of the molecule is C[C@H]1CCc2c(sc(NC(=O)CN3CCN(Cc4cccc(F)c4)CC3)c2C(N)=O)C1. The van der Waals surface area contributed by atoms with Gasteiger partial charge in [0.2, 0.25) is 5.91 Å². The molecule has 0 spiro atoms. The van der Waals surface area contributed by atoms with Crippen molar-refractivity contribution < 1.29 is 14.0 Å². The van der Waals surface area contributed by atoms with Crippen molar-refractivity contribution in [3.05, 3.63) is 51.7 Å². The molecule has 1 aliphatic heterocycles. The summed E-state index contributed by atoms with van der Waals surface area (Å²) in [5.74, 6) is -0.215. The van der Waals surface area contributed by atoms with Gasteiger partial charge in [0.25, 0.3) is 5.91 Å². The van der Waals surface area contributed by atoms with E-state index in [0.717, 1.165) is 56.6 Å². The van der Waals surface area contributed by atoms with Crippen molar-refractivity contribution in [3.8, 4) is 0 Å². The Morgan fingerprint density at radius 2 is 1.97 bits per heavy atom. The van der Waals surface area contributed by atoms with Crippen LogP contribution in [0.4, 0.5) is 9.39 Å². The molecule has 1 fully saturated rings. The molecule has 1 atom stereocenters. The molecule has 2 amide bonds. The molecule has 4 rings (SSSR count). The highest BCUT2D eigenvalue weighted by Gasteiger charge is 2.28. The summed E-state index contributed by atoms with van der Waals surface area (Å²) in [6.45, 7) is 6.37. The number of nitrogens with zero attached hydrogens (tertiary/aromatic N) is 2. The van der Waals surface area contributed by atoms with Gasteiger partial charge in [0, 0.05) is 37.6 Å². The first-order valence-corrected chi connectivity index (χ1v) is 11.6. The number of carbonyl (C=O) groups excluding carboxylic acids is 2. The number of fused-ring (bicyclic) bond motifs is 1. The molecule has 2 aromatic rings. The van der Waals surface area contributed by atoms with Gasteiger partial charge < -0.3 is 11.1 Å². The number of halogens is 1. The summed E-state index contributed by atoms with van der Waals surface area (Å²) in [5, 5.41) is 3.55. The van der Waals surface area contributed by atoms with Crippen molar-refractivity contribution in [2.45, 2.75) is 32.7 Å². The van der Waals surface area contributed by atoms with Gasteiger partial charge in [-0.3, -0.25) is 19.4 Å². The zero-order valence-corrected chi connectivity index (χ0v) is 18.6. The Labute approximate surface area is 186 Å². The monoisotopic (exact) mass is 444 g/mol. The first kappa shape index (κ1) is 21.9. The Balaban J connectivity index is 1.31. The van der Waals surface area contributed by atoms with Gasteiger partial charge >= 0.3 is 0 Å². The maximum Gasteiger partial charge on any atom is 0.251 e. The number of hydrogen-bond acceptors (Lipinski definition) is 5. The topological polar surface area (TPSA) is 78.7 Å². The van der Waals surface area contributed by atoms with Gasteiger partial charge in [-0.15, -0.1) is 11.3 Å². The van der Waals surface area contributed by atoms with E-state index in [9.17, 15) is 14.0 Å². The Kier molecular flexibility index (Phi) is 6.69. The predicted octanol–water partition coefficient (Wildman–Crippen LogP) is 2.87. The van der Waals surface area contributed by atoms with Crippen LogP contribution in [0.5, 0.6) is 0 Å². The standard InChI is InChI=1S/C23H29FN4O2S/c1-15-5-6-18-19(11-15)31-23(21(18)22(25)30)26-20(29)14-28-9-7-27(8-10-28)13-16-3-2-4-17(24)12-16/h2-4,12,15H,5-11,13-14H2,1H3,(H2,25,30)(H,26,29)/t15-/m0/s1. The van der Waals surface area contributed by atoms with Crippen LogP contribution in [-0.4, -0.2) is 54.3 Å². The van der Waals surface area contributed by atoms with E-state index in [2.05, 4.69) is 22.0 Å². The zero-order chi connectivity index (χ0) is 22.0. The molecule has 6 nitrogen and oxygen atoms in total. The zero-order valence-electron chi connectivity index (χ0n) is 17.8. The molecule has 0 bridgehead atoms. The minimum atomic E-state index is -0.465. The fourth-order valence-electron chi connectivity index (χ4n) is 4.47. The van der Waals surface area contributed by atoms with Crippen LogP contribution >= 0.6 is 11.3 Å². The first-order chi connectivity index (χ1) is 14.9. The lowest BCUT2D eigenvalue weighted by atomic mass is 9.88. The molecule has 3 N–H and O–H groups in total. The number of primary amides is 1. The average molecular weight is 445 g/mol. The molecule has 2 aliphatic rings. The highest BCUT2D eigenvalue weighted by molar-refractivity contribution is 7.17. The number of piperazine rings is 1. The van der Waals surface area contributed by atoms with Gasteiger partial charge in [-0.05, 0) is 48.4 Å². The van der Waals surface area contributed by atoms with Crippen LogP contribution in [0, 0.1) is 11.7 Å². The quantitative estimate of drug-likeness (QED) is 0.718. The van der Waals surface area contributed by atoms with Gasteiger partial charge in [-0.1, -0.05) is 19.1 Å². The summed E-state index contributed by atoms with van der Waals surface area (Å²) in [4.78, 5) is 30.3. The molecule has 166 valence electrons. The highest BCUT2D eigenvalue weighted by atomic mass is 32.1. The lowest BCUT2D eigenvalue weighted by molar-refractivity contribution is -0.117. The van der Waals surface area contributed by atoms with Gasteiger partial charge in [-0.25, -0.2) is 4.39 Å². The van der Waals surface area contributed by atoms with Crippen molar-refractivity contribution >= 4 is 28.2 Å². The van der Waals surface area contributed by atoms with E-state index in [1.165, 1.54) is 22.3 Å². The number of carbonyl (C=O) groups is 2. The predicted molar refractivity (Wildman–Crippen MR) is 121 cm³/mol. The van der Waals surface area contributed by atoms with Crippen molar-refractivity contribution in [3.63, 3.8) is 0 Å². The fraction of sp³-hybridized carbons (Fsp3) is 0.478. The number of amides is 2. The third-order valence-electron chi connectivity index (χ3n) is 6.14. The van der Waals surface area contributed by atoms with Crippen molar-refractivity contribution in [2.24, 2.45) is 11.7 Å². The average Bonchev–Trinajstić information content (AvgIpc) is 3.06. The fourth-order valence-corrected chi connectivity index (χ4v) is 5.90. The Bertz CT molecular complexity index is 968. The van der Waals surface area contributed by atoms with Crippen LogP contribution in [0.15, 0.2) is 24.3 Å². The van der Waals surface area contributed by atoms with Crippen molar-refractivity contribution in [1.29, 1.82) is 0 Å². The summed E-state index contributed by atoms with van der Waals surface area (Å²) >= 11 is 1.50. The molecule has 0 radical (unpaired) electrons. The number of thiophene rings is 1. The molecule has 1 aromatic heterocycles. The lowest BCUT2D eigenvalue weighted by Gasteiger charge is -2.34. The molecular formula is C23H29FN4O2S. The smallest absolute Gasteiger partial charge is 0.251 e.